The fourth-order valence-electron chi connectivity index (χ4n) is 2.04. The highest BCUT2D eigenvalue weighted by Crippen LogP contribution is 2.18. The van der Waals surface area contributed by atoms with Crippen LogP contribution < -0.4 is 0 Å². The van der Waals surface area contributed by atoms with Crippen LogP contribution >= 0.6 is 11.6 Å². The number of carbonyl (C=O) groups is 1. The third-order valence-corrected chi connectivity index (χ3v) is 3.34. The molecule has 2 rings (SSSR count). The van der Waals surface area contributed by atoms with Crippen molar-refractivity contribution < 1.29 is 9.90 Å². The summed E-state index contributed by atoms with van der Waals surface area (Å²) < 4.78 is 0. The first-order chi connectivity index (χ1) is 9.08. The fourth-order valence-corrected chi connectivity index (χ4v) is 2.27. The topological polar surface area (TPSA) is 50.2 Å². The van der Waals surface area contributed by atoms with E-state index in [1.54, 1.807) is 6.20 Å². The number of aromatic carboxylic acids is 1. The van der Waals surface area contributed by atoms with Crippen LogP contribution in [0.2, 0.25) is 5.02 Å². The zero-order valence-corrected chi connectivity index (χ0v) is 11.3. The van der Waals surface area contributed by atoms with Gasteiger partial charge in [0, 0.05) is 17.4 Å². The predicted molar refractivity (Wildman–Crippen MR) is 74.8 cm³/mol. The van der Waals surface area contributed by atoms with E-state index in [9.17, 15) is 4.79 Å². The van der Waals surface area contributed by atoms with Crippen molar-refractivity contribution in [2.75, 3.05) is 0 Å². The molecule has 0 aliphatic rings. The second-order valence-corrected chi connectivity index (χ2v) is 4.85. The molecule has 0 bridgehead atoms. The lowest BCUT2D eigenvalue weighted by molar-refractivity contribution is 0.0695. The Morgan fingerprint density at radius 1 is 1.26 bits per heavy atom. The number of aromatic nitrogens is 1. The summed E-state index contributed by atoms with van der Waals surface area (Å²) in [6, 6.07) is 7.28. The van der Waals surface area contributed by atoms with Crippen LogP contribution in [-0.4, -0.2) is 16.1 Å². The van der Waals surface area contributed by atoms with E-state index in [4.69, 9.17) is 16.7 Å². The Balaban J connectivity index is 2.17. The van der Waals surface area contributed by atoms with Crippen LogP contribution in [0.4, 0.5) is 0 Å². The van der Waals surface area contributed by atoms with Crippen molar-refractivity contribution in [3.05, 3.63) is 63.9 Å². The van der Waals surface area contributed by atoms with Gasteiger partial charge in [-0.3, -0.25) is 4.98 Å². The van der Waals surface area contributed by atoms with Gasteiger partial charge in [-0.2, -0.15) is 0 Å². The van der Waals surface area contributed by atoms with Crippen LogP contribution in [0.3, 0.4) is 0 Å². The van der Waals surface area contributed by atoms with Gasteiger partial charge >= 0.3 is 5.97 Å². The van der Waals surface area contributed by atoms with Gasteiger partial charge in [-0.1, -0.05) is 17.7 Å². The molecule has 19 heavy (non-hydrogen) atoms. The van der Waals surface area contributed by atoms with Crippen LogP contribution in [0.15, 0.2) is 36.7 Å². The Bertz CT molecular complexity index is 611. The van der Waals surface area contributed by atoms with E-state index in [0.717, 1.165) is 17.5 Å². The highest BCUT2D eigenvalue weighted by molar-refractivity contribution is 6.30. The van der Waals surface area contributed by atoms with Crippen molar-refractivity contribution in [3.8, 4) is 0 Å². The number of pyridine rings is 1. The molecule has 0 aliphatic heterocycles. The average molecular weight is 276 g/mol. The normalized spacial score (nSPS) is 10.4. The maximum Gasteiger partial charge on any atom is 0.336 e. The lowest BCUT2D eigenvalue weighted by Gasteiger charge is -2.08. The van der Waals surface area contributed by atoms with Gasteiger partial charge in [0.15, 0.2) is 0 Å². The SMILES string of the molecule is Cc1cc(Cl)ccc1CCc1cnccc1C(=O)O. The summed E-state index contributed by atoms with van der Waals surface area (Å²) in [5, 5.41) is 9.83. The number of rotatable bonds is 4. The van der Waals surface area contributed by atoms with Crippen molar-refractivity contribution in [3.63, 3.8) is 0 Å². The van der Waals surface area contributed by atoms with Gasteiger partial charge in [0.1, 0.15) is 0 Å². The number of benzene rings is 1. The van der Waals surface area contributed by atoms with Gasteiger partial charge in [0.2, 0.25) is 0 Å². The molecule has 0 amide bonds. The van der Waals surface area contributed by atoms with Crippen LogP contribution in [0.5, 0.6) is 0 Å². The molecule has 0 spiro atoms. The van der Waals surface area contributed by atoms with Crippen LogP contribution in [0.1, 0.15) is 27.0 Å². The molecule has 0 fully saturated rings. The summed E-state index contributed by atoms with van der Waals surface area (Å²) >= 11 is 5.91. The largest absolute Gasteiger partial charge is 0.478 e. The Labute approximate surface area is 116 Å². The van der Waals surface area contributed by atoms with E-state index in [1.807, 2.05) is 25.1 Å². The number of aryl methyl sites for hydroxylation is 3. The van der Waals surface area contributed by atoms with Crippen molar-refractivity contribution in [1.29, 1.82) is 0 Å². The molecule has 1 aromatic heterocycles. The van der Waals surface area contributed by atoms with Crippen molar-refractivity contribution in [1.82, 2.24) is 4.98 Å². The lowest BCUT2D eigenvalue weighted by atomic mass is 9.99. The number of hydrogen-bond donors (Lipinski definition) is 1. The number of nitrogens with zero attached hydrogens (tertiary/aromatic N) is 1. The number of hydrogen-bond acceptors (Lipinski definition) is 2. The van der Waals surface area contributed by atoms with Crippen LogP contribution in [-0.2, 0) is 12.8 Å². The fraction of sp³-hybridized carbons (Fsp3) is 0.200. The van der Waals surface area contributed by atoms with Gasteiger partial charge < -0.3 is 5.11 Å². The monoisotopic (exact) mass is 275 g/mol. The molecule has 0 unspecified atom stereocenters. The number of carboxylic acid groups (broad SMARTS) is 1. The van der Waals surface area contributed by atoms with Crippen LogP contribution in [0, 0.1) is 6.92 Å². The molecule has 98 valence electrons. The Morgan fingerprint density at radius 3 is 2.68 bits per heavy atom. The van der Waals surface area contributed by atoms with E-state index in [2.05, 4.69) is 4.98 Å². The molecule has 1 N–H and O–H groups in total. The highest BCUT2D eigenvalue weighted by atomic mass is 35.5. The summed E-state index contributed by atoms with van der Waals surface area (Å²) in [7, 11) is 0. The molecule has 0 saturated carbocycles. The average Bonchev–Trinajstić information content (AvgIpc) is 2.38. The summed E-state index contributed by atoms with van der Waals surface area (Å²) in [6.07, 6.45) is 4.54. The Morgan fingerprint density at radius 2 is 2.00 bits per heavy atom. The third kappa shape index (κ3) is 3.32. The second kappa shape index (κ2) is 5.85. The zero-order chi connectivity index (χ0) is 13.8. The minimum atomic E-state index is -0.912. The van der Waals surface area contributed by atoms with Gasteiger partial charge in [-0.05, 0) is 54.7 Å². The Hall–Kier alpha value is -1.87. The van der Waals surface area contributed by atoms with Gasteiger partial charge in [-0.15, -0.1) is 0 Å². The highest BCUT2D eigenvalue weighted by Gasteiger charge is 2.10. The standard InChI is InChI=1S/C15H14ClNO2/c1-10-8-13(16)5-4-11(10)2-3-12-9-17-7-6-14(12)15(18)19/h4-9H,2-3H2,1H3,(H,18,19). The molecule has 0 aliphatic carbocycles. The van der Waals surface area contributed by atoms with Crippen LogP contribution in [0.25, 0.3) is 0 Å². The number of carboxylic acids is 1. The lowest BCUT2D eigenvalue weighted by Crippen LogP contribution is -2.04. The molecule has 2 aromatic rings. The Kier molecular flexibility index (Phi) is 4.17. The summed E-state index contributed by atoms with van der Waals surface area (Å²) in [6.45, 7) is 2.00. The maximum absolute atomic E-state index is 11.1. The molecule has 0 radical (unpaired) electrons. The van der Waals surface area contributed by atoms with E-state index < -0.39 is 5.97 Å². The van der Waals surface area contributed by atoms with Crippen molar-refractivity contribution in [2.45, 2.75) is 19.8 Å². The molecular weight excluding hydrogens is 262 g/mol. The number of halogens is 1. The first-order valence-corrected chi connectivity index (χ1v) is 6.37. The minimum Gasteiger partial charge on any atom is -0.478 e. The smallest absolute Gasteiger partial charge is 0.336 e. The van der Waals surface area contributed by atoms with E-state index in [0.29, 0.717) is 17.0 Å². The summed E-state index contributed by atoms with van der Waals surface area (Å²) in [5.74, 6) is -0.912. The van der Waals surface area contributed by atoms with Crippen molar-refractivity contribution in [2.24, 2.45) is 0 Å². The summed E-state index contributed by atoms with van der Waals surface area (Å²) in [4.78, 5) is 15.1. The molecule has 1 heterocycles. The molecule has 1 aromatic carbocycles. The van der Waals surface area contributed by atoms with Gasteiger partial charge in [-0.25, -0.2) is 4.79 Å². The van der Waals surface area contributed by atoms with E-state index >= 15 is 0 Å². The molecule has 0 saturated heterocycles. The predicted octanol–water partition coefficient (Wildman–Crippen LogP) is 3.53. The van der Waals surface area contributed by atoms with E-state index in [-0.39, 0.29) is 0 Å². The summed E-state index contributed by atoms with van der Waals surface area (Å²) in [5.41, 5.74) is 3.36. The quantitative estimate of drug-likeness (QED) is 0.929. The van der Waals surface area contributed by atoms with Crippen molar-refractivity contribution >= 4 is 17.6 Å². The van der Waals surface area contributed by atoms with Gasteiger partial charge in [0.05, 0.1) is 5.56 Å². The molecular formula is C15H14ClNO2. The first-order valence-electron chi connectivity index (χ1n) is 5.99. The molecule has 3 nitrogen and oxygen atoms in total. The maximum atomic E-state index is 11.1. The molecule has 0 atom stereocenters. The third-order valence-electron chi connectivity index (χ3n) is 3.10. The second-order valence-electron chi connectivity index (χ2n) is 4.41. The first kappa shape index (κ1) is 13.6. The minimum absolute atomic E-state index is 0.321. The molecule has 4 heteroatoms. The van der Waals surface area contributed by atoms with E-state index in [1.165, 1.54) is 17.8 Å². The zero-order valence-electron chi connectivity index (χ0n) is 10.6. The van der Waals surface area contributed by atoms with Gasteiger partial charge in [0.25, 0.3) is 0 Å².